The Morgan fingerprint density at radius 3 is 2.37 bits per heavy atom. The van der Waals surface area contributed by atoms with Gasteiger partial charge in [-0.15, -0.1) is 0 Å². The second-order valence-electron chi connectivity index (χ2n) is 6.54. The highest BCUT2D eigenvalue weighted by atomic mass is 16.5. The standard InChI is InChI=1S/C22H28N2O3/c1-5-23-22(26)17(3)24(15-18-10-12-20(27-4)13-11-18)21(25)14-19-9-7-6-8-16(19)2/h6-13,17H,5,14-15H2,1-4H3,(H,23,26)/t17-/m0/s1. The van der Waals surface area contributed by atoms with Crippen LogP contribution in [0.25, 0.3) is 0 Å². The van der Waals surface area contributed by atoms with Gasteiger partial charge in [-0.2, -0.15) is 0 Å². The number of carbonyl (C=O) groups is 2. The van der Waals surface area contributed by atoms with Gasteiger partial charge in [-0.3, -0.25) is 9.59 Å². The lowest BCUT2D eigenvalue weighted by Crippen LogP contribution is -2.48. The lowest BCUT2D eigenvalue weighted by Gasteiger charge is -2.29. The average Bonchev–Trinajstić information content (AvgIpc) is 2.68. The summed E-state index contributed by atoms with van der Waals surface area (Å²) in [5.74, 6) is 0.538. The van der Waals surface area contributed by atoms with Crippen LogP contribution in [0.5, 0.6) is 5.75 Å². The summed E-state index contributed by atoms with van der Waals surface area (Å²) in [5.41, 5.74) is 3.00. The number of aryl methyl sites for hydroxylation is 1. The van der Waals surface area contributed by atoms with Crippen LogP contribution in [-0.2, 0) is 22.6 Å². The molecule has 2 aromatic carbocycles. The number of hydrogen-bond donors (Lipinski definition) is 1. The van der Waals surface area contributed by atoms with Crippen LogP contribution >= 0.6 is 0 Å². The fraction of sp³-hybridized carbons (Fsp3) is 0.364. The number of hydrogen-bond acceptors (Lipinski definition) is 3. The van der Waals surface area contributed by atoms with Gasteiger partial charge in [0.15, 0.2) is 0 Å². The molecule has 2 rings (SSSR count). The van der Waals surface area contributed by atoms with Crippen LogP contribution in [0.15, 0.2) is 48.5 Å². The van der Waals surface area contributed by atoms with E-state index in [-0.39, 0.29) is 18.2 Å². The van der Waals surface area contributed by atoms with Gasteiger partial charge in [-0.1, -0.05) is 36.4 Å². The molecular weight excluding hydrogens is 340 g/mol. The maximum atomic E-state index is 13.1. The maximum Gasteiger partial charge on any atom is 0.242 e. The topological polar surface area (TPSA) is 58.6 Å². The van der Waals surface area contributed by atoms with Crippen LogP contribution in [0.3, 0.4) is 0 Å². The summed E-state index contributed by atoms with van der Waals surface area (Å²) >= 11 is 0. The average molecular weight is 368 g/mol. The largest absolute Gasteiger partial charge is 0.497 e. The molecule has 5 nitrogen and oxygen atoms in total. The van der Waals surface area contributed by atoms with Crippen LogP contribution in [0, 0.1) is 6.92 Å². The van der Waals surface area contributed by atoms with Crippen LogP contribution < -0.4 is 10.1 Å². The molecule has 2 aromatic rings. The number of benzene rings is 2. The van der Waals surface area contributed by atoms with Gasteiger partial charge in [-0.25, -0.2) is 0 Å². The monoisotopic (exact) mass is 368 g/mol. The first kappa shape index (κ1) is 20.5. The van der Waals surface area contributed by atoms with Gasteiger partial charge >= 0.3 is 0 Å². The molecule has 0 aliphatic rings. The minimum absolute atomic E-state index is 0.0705. The molecule has 0 fully saturated rings. The van der Waals surface area contributed by atoms with Gasteiger partial charge in [0.1, 0.15) is 11.8 Å². The maximum absolute atomic E-state index is 13.1. The summed E-state index contributed by atoms with van der Waals surface area (Å²) in [6, 6.07) is 14.8. The van der Waals surface area contributed by atoms with Crippen LogP contribution in [0.2, 0.25) is 0 Å². The summed E-state index contributed by atoms with van der Waals surface area (Å²) < 4.78 is 5.19. The number of rotatable bonds is 8. The number of amides is 2. The highest BCUT2D eigenvalue weighted by molar-refractivity contribution is 5.88. The van der Waals surface area contributed by atoms with Crippen molar-refractivity contribution in [3.63, 3.8) is 0 Å². The molecule has 1 N–H and O–H groups in total. The van der Waals surface area contributed by atoms with E-state index in [4.69, 9.17) is 4.74 Å². The highest BCUT2D eigenvalue weighted by Gasteiger charge is 2.26. The first-order valence-corrected chi connectivity index (χ1v) is 9.20. The predicted molar refractivity (Wildman–Crippen MR) is 107 cm³/mol. The minimum Gasteiger partial charge on any atom is -0.497 e. The first-order valence-electron chi connectivity index (χ1n) is 9.20. The van der Waals surface area contributed by atoms with Crippen LogP contribution in [-0.4, -0.2) is 36.4 Å². The second kappa shape index (κ2) is 9.76. The smallest absolute Gasteiger partial charge is 0.242 e. The van der Waals surface area contributed by atoms with Crippen molar-refractivity contribution in [2.45, 2.75) is 39.8 Å². The quantitative estimate of drug-likeness (QED) is 0.779. The molecule has 0 aliphatic carbocycles. The van der Waals surface area contributed by atoms with E-state index in [1.165, 1.54) is 0 Å². The lowest BCUT2D eigenvalue weighted by atomic mass is 10.0. The first-order chi connectivity index (χ1) is 13.0. The van der Waals surface area contributed by atoms with Crippen molar-refractivity contribution in [1.82, 2.24) is 10.2 Å². The molecule has 0 bridgehead atoms. The number of ether oxygens (including phenoxy) is 1. The van der Waals surface area contributed by atoms with Crippen molar-refractivity contribution in [3.05, 3.63) is 65.2 Å². The Balaban J connectivity index is 2.23. The highest BCUT2D eigenvalue weighted by Crippen LogP contribution is 2.17. The van der Waals surface area contributed by atoms with E-state index in [2.05, 4.69) is 5.32 Å². The van der Waals surface area contributed by atoms with Crippen molar-refractivity contribution < 1.29 is 14.3 Å². The Morgan fingerprint density at radius 1 is 1.11 bits per heavy atom. The van der Waals surface area contributed by atoms with E-state index in [1.54, 1.807) is 18.9 Å². The Labute approximate surface area is 161 Å². The number of nitrogens with zero attached hydrogens (tertiary/aromatic N) is 1. The van der Waals surface area contributed by atoms with E-state index in [0.717, 1.165) is 22.4 Å². The number of methoxy groups -OCH3 is 1. The summed E-state index contributed by atoms with van der Waals surface area (Å²) in [5, 5.41) is 2.81. The molecule has 0 aromatic heterocycles. The SMILES string of the molecule is CCNC(=O)[C@H](C)N(Cc1ccc(OC)cc1)C(=O)Cc1ccccc1C. The number of carbonyl (C=O) groups excluding carboxylic acids is 2. The summed E-state index contributed by atoms with van der Waals surface area (Å²) in [7, 11) is 1.62. The van der Waals surface area contributed by atoms with Crippen molar-refractivity contribution in [2.24, 2.45) is 0 Å². The van der Waals surface area contributed by atoms with Crippen molar-refractivity contribution >= 4 is 11.8 Å². The van der Waals surface area contributed by atoms with E-state index in [0.29, 0.717) is 13.1 Å². The minimum atomic E-state index is -0.552. The zero-order chi connectivity index (χ0) is 19.8. The number of nitrogens with one attached hydrogen (secondary N) is 1. The van der Waals surface area contributed by atoms with Gasteiger partial charge in [0.2, 0.25) is 11.8 Å². The third-order valence-electron chi connectivity index (χ3n) is 4.63. The summed E-state index contributed by atoms with van der Waals surface area (Å²) in [6.07, 6.45) is 0.270. The summed E-state index contributed by atoms with van der Waals surface area (Å²) in [6.45, 7) is 6.53. The normalized spacial score (nSPS) is 11.6. The van der Waals surface area contributed by atoms with Gasteiger partial charge in [0.05, 0.1) is 13.5 Å². The molecule has 2 amide bonds. The molecule has 0 aliphatic heterocycles. The van der Waals surface area contributed by atoms with Gasteiger partial charge in [0.25, 0.3) is 0 Å². The van der Waals surface area contributed by atoms with E-state index < -0.39 is 6.04 Å². The zero-order valence-electron chi connectivity index (χ0n) is 16.5. The molecule has 0 saturated heterocycles. The molecule has 1 atom stereocenters. The van der Waals surface area contributed by atoms with Gasteiger partial charge in [0, 0.05) is 13.1 Å². The van der Waals surface area contributed by atoms with Crippen molar-refractivity contribution in [1.29, 1.82) is 0 Å². The second-order valence-corrected chi connectivity index (χ2v) is 6.54. The fourth-order valence-corrected chi connectivity index (χ4v) is 2.91. The van der Waals surface area contributed by atoms with Gasteiger partial charge < -0.3 is 15.0 Å². The van der Waals surface area contributed by atoms with Crippen LogP contribution in [0.4, 0.5) is 0 Å². The Morgan fingerprint density at radius 2 is 1.78 bits per heavy atom. The Hall–Kier alpha value is -2.82. The molecule has 0 radical (unpaired) electrons. The van der Waals surface area contributed by atoms with Crippen molar-refractivity contribution in [2.75, 3.05) is 13.7 Å². The predicted octanol–water partition coefficient (Wildman–Crippen LogP) is 3.10. The third-order valence-corrected chi connectivity index (χ3v) is 4.63. The molecule has 0 unspecified atom stereocenters. The van der Waals surface area contributed by atoms with E-state index in [9.17, 15) is 9.59 Å². The molecule has 0 spiro atoms. The molecule has 0 heterocycles. The molecule has 5 heteroatoms. The fourth-order valence-electron chi connectivity index (χ4n) is 2.91. The van der Waals surface area contributed by atoms with E-state index >= 15 is 0 Å². The molecule has 27 heavy (non-hydrogen) atoms. The van der Waals surface area contributed by atoms with E-state index in [1.807, 2.05) is 62.4 Å². The molecular formula is C22H28N2O3. The molecule has 0 saturated carbocycles. The van der Waals surface area contributed by atoms with Crippen molar-refractivity contribution in [3.8, 4) is 5.75 Å². The molecule has 144 valence electrons. The van der Waals surface area contributed by atoms with Gasteiger partial charge in [-0.05, 0) is 49.6 Å². The Bertz CT molecular complexity index is 771. The number of likely N-dealkylation sites (N-methyl/N-ethyl adjacent to an activating group) is 1. The van der Waals surface area contributed by atoms with Crippen LogP contribution in [0.1, 0.15) is 30.5 Å². The summed E-state index contributed by atoms with van der Waals surface area (Å²) in [4.78, 5) is 27.1. The third kappa shape index (κ3) is 5.58. The lowest BCUT2D eigenvalue weighted by molar-refractivity contribution is -0.140. The Kier molecular flexibility index (Phi) is 7.41. The zero-order valence-corrected chi connectivity index (χ0v) is 16.5.